The van der Waals surface area contributed by atoms with Gasteiger partial charge in [0.15, 0.2) is 0 Å². The smallest absolute Gasteiger partial charge is 0.247 e. The molecule has 2 rings (SSSR count). The maximum atomic E-state index is 12.0. The van der Waals surface area contributed by atoms with Crippen molar-refractivity contribution in [2.24, 2.45) is 0 Å². The maximum Gasteiger partial charge on any atom is 0.247 e. The summed E-state index contributed by atoms with van der Waals surface area (Å²) in [6.45, 7) is 10.0. The van der Waals surface area contributed by atoms with E-state index in [-0.39, 0.29) is 11.9 Å². The van der Waals surface area contributed by atoms with Crippen LogP contribution in [-0.2, 0) is 4.79 Å². The second kappa shape index (κ2) is 6.93. The van der Waals surface area contributed by atoms with E-state index in [1.54, 1.807) is 11.3 Å². The summed E-state index contributed by atoms with van der Waals surface area (Å²) in [6.07, 6.45) is 1.97. The Morgan fingerprint density at radius 3 is 2.55 bits per heavy atom. The van der Waals surface area contributed by atoms with Crippen LogP contribution in [0, 0.1) is 13.8 Å². The molecule has 1 aromatic carbocycles. The molecule has 116 valence electrons. The van der Waals surface area contributed by atoms with Gasteiger partial charge in [-0.15, -0.1) is 11.3 Å². The third-order valence-corrected chi connectivity index (χ3v) is 4.45. The molecule has 3 heteroatoms. The van der Waals surface area contributed by atoms with E-state index < -0.39 is 0 Å². The fourth-order valence-corrected chi connectivity index (χ4v) is 3.17. The van der Waals surface area contributed by atoms with Crippen LogP contribution in [-0.4, -0.2) is 11.9 Å². The molecule has 1 aromatic heterocycles. The molecular formula is C19H23NOS. The SMILES string of the molecule is C/C(=C\c1cc(C)c(-c2cccs2)cc1C)C(=O)NC(C)C. The fourth-order valence-electron chi connectivity index (χ4n) is 2.37. The van der Waals surface area contributed by atoms with Crippen LogP contribution in [0.5, 0.6) is 0 Å². The lowest BCUT2D eigenvalue weighted by molar-refractivity contribution is -0.117. The van der Waals surface area contributed by atoms with Crippen molar-refractivity contribution in [3.8, 4) is 10.4 Å². The molecule has 0 saturated heterocycles. The van der Waals surface area contributed by atoms with Crippen LogP contribution >= 0.6 is 11.3 Å². The highest BCUT2D eigenvalue weighted by Gasteiger charge is 2.09. The van der Waals surface area contributed by atoms with E-state index >= 15 is 0 Å². The Hall–Kier alpha value is -1.87. The molecule has 0 aliphatic carbocycles. The molecule has 0 atom stereocenters. The summed E-state index contributed by atoms with van der Waals surface area (Å²) >= 11 is 1.75. The van der Waals surface area contributed by atoms with Crippen LogP contribution in [0.25, 0.3) is 16.5 Å². The van der Waals surface area contributed by atoms with Gasteiger partial charge in [0, 0.05) is 16.5 Å². The number of nitrogens with one attached hydrogen (secondary N) is 1. The normalized spacial score (nSPS) is 11.8. The highest BCUT2D eigenvalue weighted by molar-refractivity contribution is 7.13. The van der Waals surface area contributed by atoms with E-state index in [1.165, 1.54) is 21.6 Å². The predicted octanol–water partition coefficient (Wildman–Crippen LogP) is 4.96. The number of rotatable bonds is 4. The fraction of sp³-hybridized carbons (Fsp3) is 0.316. The van der Waals surface area contributed by atoms with Gasteiger partial charge in [0.2, 0.25) is 5.91 Å². The topological polar surface area (TPSA) is 29.1 Å². The Morgan fingerprint density at radius 2 is 1.95 bits per heavy atom. The number of carbonyl (C=O) groups excluding carboxylic acids is 1. The van der Waals surface area contributed by atoms with Crippen molar-refractivity contribution < 1.29 is 4.79 Å². The molecule has 2 nitrogen and oxygen atoms in total. The molecule has 1 N–H and O–H groups in total. The van der Waals surface area contributed by atoms with Gasteiger partial charge in [-0.2, -0.15) is 0 Å². The van der Waals surface area contributed by atoms with Gasteiger partial charge < -0.3 is 5.32 Å². The zero-order valence-electron chi connectivity index (χ0n) is 13.9. The highest BCUT2D eigenvalue weighted by Crippen LogP contribution is 2.30. The quantitative estimate of drug-likeness (QED) is 0.794. The third kappa shape index (κ3) is 3.86. The van der Waals surface area contributed by atoms with Crippen molar-refractivity contribution in [1.29, 1.82) is 0 Å². The standard InChI is InChI=1S/C19H23NOS/c1-12(2)20-19(21)15(5)10-16-9-14(4)17(11-13(16)3)18-7-6-8-22-18/h6-12H,1-5H3,(H,20,21)/b15-10+. The molecular weight excluding hydrogens is 290 g/mol. The molecule has 0 spiro atoms. The first-order chi connectivity index (χ1) is 10.4. The average molecular weight is 313 g/mol. The largest absolute Gasteiger partial charge is 0.350 e. The van der Waals surface area contributed by atoms with Crippen LogP contribution in [0.15, 0.2) is 35.2 Å². The Morgan fingerprint density at radius 1 is 1.23 bits per heavy atom. The zero-order chi connectivity index (χ0) is 16.3. The number of amides is 1. The Labute approximate surface area is 136 Å². The van der Waals surface area contributed by atoms with Gasteiger partial charge >= 0.3 is 0 Å². The van der Waals surface area contributed by atoms with Crippen LogP contribution in [0.1, 0.15) is 37.5 Å². The number of aryl methyl sites for hydroxylation is 2. The molecule has 0 radical (unpaired) electrons. The van der Waals surface area contributed by atoms with E-state index in [0.29, 0.717) is 0 Å². The van der Waals surface area contributed by atoms with E-state index in [0.717, 1.165) is 11.1 Å². The molecule has 0 fully saturated rings. The first kappa shape index (κ1) is 16.5. The first-order valence-electron chi connectivity index (χ1n) is 7.52. The van der Waals surface area contributed by atoms with Gasteiger partial charge in [-0.05, 0) is 80.5 Å². The minimum Gasteiger partial charge on any atom is -0.350 e. The molecule has 0 aliphatic rings. The number of carbonyl (C=O) groups is 1. The summed E-state index contributed by atoms with van der Waals surface area (Å²) in [5.74, 6) is -0.00520. The number of benzene rings is 1. The third-order valence-electron chi connectivity index (χ3n) is 3.55. The molecule has 2 aromatic rings. The average Bonchev–Trinajstić information content (AvgIpc) is 2.95. The van der Waals surface area contributed by atoms with Crippen molar-refractivity contribution in [2.45, 2.75) is 40.7 Å². The number of hydrogen-bond acceptors (Lipinski definition) is 2. The highest BCUT2D eigenvalue weighted by atomic mass is 32.1. The lowest BCUT2D eigenvalue weighted by Gasteiger charge is -2.11. The molecule has 22 heavy (non-hydrogen) atoms. The minimum atomic E-state index is -0.00520. The molecule has 1 amide bonds. The lowest BCUT2D eigenvalue weighted by Crippen LogP contribution is -2.30. The van der Waals surface area contributed by atoms with Gasteiger partial charge in [0.1, 0.15) is 0 Å². The summed E-state index contributed by atoms with van der Waals surface area (Å²) in [6, 6.07) is 8.74. The Kier molecular flexibility index (Phi) is 5.19. The molecule has 0 aliphatic heterocycles. The van der Waals surface area contributed by atoms with Crippen LogP contribution in [0.3, 0.4) is 0 Å². The minimum absolute atomic E-state index is 0.00520. The summed E-state index contributed by atoms with van der Waals surface area (Å²) in [7, 11) is 0. The summed E-state index contributed by atoms with van der Waals surface area (Å²) < 4.78 is 0. The Bertz CT molecular complexity index is 696. The first-order valence-corrected chi connectivity index (χ1v) is 8.40. The summed E-state index contributed by atoms with van der Waals surface area (Å²) in [5, 5.41) is 5.02. The monoisotopic (exact) mass is 313 g/mol. The summed E-state index contributed by atoms with van der Waals surface area (Å²) in [4.78, 5) is 13.3. The second-order valence-corrected chi connectivity index (χ2v) is 6.90. The van der Waals surface area contributed by atoms with Crippen molar-refractivity contribution in [1.82, 2.24) is 5.32 Å². The lowest BCUT2D eigenvalue weighted by atomic mass is 9.97. The number of hydrogen-bond donors (Lipinski definition) is 1. The second-order valence-electron chi connectivity index (χ2n) is 5.96. The zero-order valence-corrected chi connectivity index (χ0v) is 14.7. The van der Waals surface area contributed by atoms with E-state index in [4.69, 9.17) is 0 Å². The van der Waals surface area contributed by atoms with Crippen LogP contribution < -0.4 is 5.32 Å². The predicted molar refractivity (Wildman–Crippen MR) is 96.2 cm³/mol. The number of thiophene rings is 1. The van der Waals surface area contributed by atoms with E-state index in [2.05, 4.69) is 48.8 Å². The summed E-state index contributed by atoms with van der Waals surface area (Å²) in [5.41, 5.74) is 5.53. The van der Waals surface area contributed by atoms with Crippen molar-refractivity contribution in [2.75, 3.05) is 0 Å². The molecule has 1 heterocycles. The van der Waals surface area contributed by atoms with Crippen molar-refractivity contribution in [3.05, 3.63) is 51.9 Å². The van der Waals surface area contributed by atoms with Crippen LogP contribution in [0.4, 0.5) is 0 Å². The van der Waals surface area contributed by atoms with Gasteiger partial charge in [-0.3, -0.25) is 4.79 Å². The molecule has 0 bridgehead atoms. The van der Waals surface area contributed by atoms with Gasteiger partial charge in [-0.25, -0.2) is 0 Å². The van der Waals surface area contributed by atoms with Crippen molar-refractivity contribution in [3.63, 3.8) is 0 Å². The Balaban J connectivity index is 2.33. The van der Waals surface area contributed by atoms with Gasteiger partial charge in [0.25, 0.3) is 0 Å². The van der Waals surface area contributed by atoms with Crippen molar-refractivity contribution >= 4 is 23.3 Å². The van der Waals surface area contributed by atoms with Gasteiger partial charge in [0.05, 0.1) is 0 Å². The molecule has 0 saturated carbocycles. The van der Waals surface area contributed by atoms with E-state index in [1.807, 2.05) is 26.8 Å². The van der Waals surface area contributed by atoms with Crippen LogP contribution in [0.2, 0.25) is 0 Å². The molecule has 0 unspecified atom stereocenters. The van der Waals surface area contributed by atoms with Gasteiger partial charge in [-0.1, -0.05) is 12.1 Å². The van der Waals surface area contributed by atoms with E-state index in [9.17, 15) is 4.79 Å². The maximum absolute atomic E-state index is 12.0.